The van der Waals surface area contributed by atoms with Gasteiger partial charge in [-0.25, -0.2) is 8.78 Å². The molecule has 2 nitrogen and oxygen atoms in total. The SMILES string of the molecule is NC1CS(=O)c2cc(F)c(F)cc21. The van der Waals surface area contributed by atoms with Gasteiger partial charge in [0.1, 0.15) is 0 Å². The first kappa shape index (κ1) is 8.77. The lowest BCUT2D eigenvalue weighted by molar-refractivity contribution is 0.503. The van der Waals surface area contributed by atoms with E-state index in [2.05, 4.69) is 0 Å². The number of rotatable bonds is 0. The molecule has 0 bridgehead atoms. The Labute approximate surface area is 76.2 Å². The average Bonchev–Trinajstić information content (AvgIpc) is 2.31. The maximum Gasteiger partial charge on any atom is 0.160 e. The molecule has 1 aromatic carbocycles. The Hall–Kier alpha value is -0.810. The minimum absolute atomic E-state index is 0.248. The highest BCUT2D eigenvalue weighted by Gasteiger charge is 2.27. The Bertz CT molecular complexity index is 394. The molecule has 2 unspecified atom stereocenters. The monoisotopic (exact) mass is 203 g/mol. The third kappa shape index (κ3) is 1.28. The molecule has 1 aliphatic rings. The summed E-state index contributed by atoms with van der Waals surface area (Å²) in [6, 6.07) is 1.55. The molecule has 1 aromatic rings. The van der Waals surface area contributed by atoms with Gasteiger partial charge in [-0.3, -0.25) is 4.21 Å². The van der Waals surface area contributed by atoms with Crippen molar-refractivity contribution in [3.05, 3.63) is 29.3 Å². The van der Waals surface area contributed by atoms with Crippen LogP contribution in [0.3, 0.4) is 0 Å². The van der Waals surface area contributed by atoms with E-state index in [9.17, 15) is 13.0 Å². The maximum atomic E-state index is 12.7. The molecule has 5 heteroatoms. The molecule has 1 aliphatic heterocycles. The molecule has 2 atom stereocenters. The van der Waals surface area contributed by atoms with Crippen LogP contribution in [-0.2, 0) is 10.8 Å². The molecule has 0 fully saturated rings. The minimum Gasteiger partial charge on any atom is -0.323 e. The van der Waals surface area contributed by atoms with Crippen molar-refractivity contribution < 1.29 is 13.0 Å². The van der Waals surface area contributed by atoms with Crippen LogP contribution in [0.4, 0.5) is 8.78 Å². The summed E-state index contributed by atoms with van der Waals surface area (Å²) in [4.78, 5) is 0.325. The van der Waals surface area contributed by atoms with Crippen LogP contribution in [-0.4, -0.2) is 9.96 Å². The standard InChI is InChI=1S/C8H7F2NOS/c9-5-1-4-7(11)3-13(12)8(4)2-6(5)10/h1-2,7H,3,11H2. The van der Waals surface area contributed by atoms with Crippen molar-refractivity contribution in [2.75, 3.05) is 5.75 Å². The van der Waals surface area contributed by atoms with Crippen LogP contribution in [0.1, 0.15) is 11.6 Å². The number of hydrogen-bond donors (Lipinski definition) is 1. The summed E-state index contributed by atoms with van der Waals surface area (Å²) in [6.45, 7) is 0. The van der Waals surface area contributed by atoms with Crippen LogP contribution in [0.5, 0.6) is 0 Å². The van der Waals surface area contributed by atoms with E-state index in [0.717, 1.165) is 12.1 Å². The highest BCUT2D eigenvalue weighted by Crippen LogP contribution is 2.30. The highest BCUT2D eigenvalue weighted by molar-refractivity contribution is 7.85. The first-order chi connectivity index (χ1) is 6.09. The number of halogens is 2. The van der Waals surface area contributed by atoms with E-state index in [1.54, 1.807) is 0 Å². The van der Waals surface area contributed by atoms with Gasteiger partial charge >= 0.3 is 0 Å². The van der Waals surface area contributed by atoms with Gasteiger partial charge in [0, 0.05) is 16.7 Å². The van der Waals surface area contributed by atoms with Gasteiger partial charge < -0.3 is 5.73 Å². The van der Waals surface area contributed by atoms with Crippen LogP contribution in [0, 0.1) is 11.6 Å². The van der Waals surface area contributed by atoms with E-state index < -0.39 is 28.5 Å². The lowest BCUT2D eigenvalue weighted by Gasteiger charge is -2.02. The van der Waals surface area contributed by atoms with E-state index in [1.165, 1.54) is 0 Å². The molecule has 0 spiro atoms. The van der Waals surface area contributed by atoms with Crippen LogP contribution in [0.15, 0.2) is 17.0 Å². The number of hydrogen-bond acceptors (Lipinski definition) is 2. The molecule has 0 saturated heterocycles. The number of benzene rings is 1. The van der Waals surface area contributed by atoms with Crippen molar-refractivity contribution in [3.63, 3.8) is 0 Å². The van der Waals surface area contributed by atoms with Gasteiger partial charge in [0.2, 0.25) is 0 Å². The predicted octanol–water partition coefficient (Wildman–Crippen LogP) is 1.09. The molecule has 0 aliphatic carbocycles. The third-order valence-corrected chi connectivity index (χ3v) is 3.53. The van der Waals surface area contributed by atoms with Crippen molar-refractivity contribution >= 4 is 10.8 Å². The Morgan fingerprint density at radius 1 is 1.38 bits per heavy atom. The van der Waals surface area contributed by atoms with Crippen LogP contribution >= 0.6 is 0 Å². The summed E-state index contributed by atoms with van der Waals surface area (Å²) >= 11 is 0. The zero-order valence-corrected chi connectivity index (χ0v) is 7.41. The van der Waals surface area contributed by atoms with Gasteiger partial charge in [0.05, 0.1) is 10.8 Å². The summed E-state index contributed by atoms with van der Waals surface area (Å²) < 4.78 is 36.8. The minimum atomic E-state index is -1.28. The van der Waals surface area contributed by atoms with Crippen LogP contribution in [0.25, 0.3) is 0 Å². The highest BCUT2D eigenvalue weighted by atomic mass is 32.2. The van der Waals surface area contributed by atoms with Gasteiger partial charge in [-0.2, -0.15) is 0 Å². The average molecular weight is 203 g/mol. The molecule has 0 saturated carbocycles. The Morgan fingerprint density at radius 3 is 2.69 bits per heavy atom. The second kappa shape index (κ2) is 2.85. The summed E-state index contributed by atoms with van der Waals surface area (Å²) in [7, 11) is -1.28. The molecule has 0 aromatic heterocycles. The normalized spacial score (nSPS) is 26.1. The quantitative estimate of drug-likeness (QED) is 0.685. The predicted molar refractivity (Wildman–Crippen MR) is 44.6 cm³/mol. The molecule has 1 heterocycles. The Balaban J connectivity index is 2.65. The van der Waals surface area contributed by atoms with Crippen molar-refractivity contribution in [2.24, 2.45) is 5.73 Å². The van der Waals surface area contributed by atoms with Gasteiger partial charge in [0.25, 0.3) is 0 Å². The van der Waals surface area contributed by atoms with E-state index in [4.69, 9.17) is 5.73 Å². The molecular weight excluding hydrogens is 196 g/mol. The summed E-state index contributed by atoms with van der Waals surface area (Å²) in [6.07, 6.45) is 0. The third-order valence-electron chi connectivity index (χ3n) is 2.03. The van der Waals surface area contributed by atoms with Gasteiger partial charge in [-0.1, -0.05) is 0 Å². The smallest absolute Gasteiger partial charge is 0.160 e. The van der Waals surface area contributed by atoms with Gasteiger partial charge in [-0.05, 0) is 17.7 Å². The molecule has 70 valence electrons. The summed E-state index contributed by atoms with van der Waals surface area (Å²) in [5, 5.41) is 0. The van der Waals surface area contributed by atoms with Gasteiger partial charge in [0.15, 0.2) is 11.6 Å². The maximum absolute atomic E-state index is 12.7. The van der Waals surface area contributed by atoms with Crippen molar-refractivity contribution in [2.45, 2.75) is 10.9 Å². The molecular formula is C8H7F2NOS. The number of nitrogens with two attached hydrogens (primary N) is 1. The largest absolute Gasteiger partial charge is 0.323 e. The zero-order valence-electron chi connectivity index (χ0n) is 6.59. The summed E-state index contributed by atoms with van der Waals surface area (Å²) in [5.74, 6) is -1.66. The first-order valence-corrected chi connectivity index (χ1v) is 5.04. The molecule has 13 heavy (non-hydrogen) atoms. The van der Waals surface area contributed by atoms with E-state index >= 15 is 0 Å². The second-order valence-electron chi connectivity index (χ2n) is 2.92. The fraction of sp³-hybridized carbons (Fsp3) is 0.250. The van der Waals surface area contributed by atoms with Crippen molar-refractivity contribution in [3.8, 4) is 0 Å². The summed E-state index contributed by atoms with van der Waals surface area (Å²) in [5.41, 5.74) is 6.03. The van der Waals surface area contributed by atoms with Crippen LogP contribution in [0.2, 0.25) is 0 Å². The lowest BCUT2D eigenvalue weighted by Crippen LogP contribution is -2.10. The van der Waals surface area contributed by atoms with E-state index in [-0.39, 0.29) is 5.75 Å². The molecule has 2 rings (SSSR count). The van der Waals surface area contributed by atoms with Crippen LogP contribution < -0.4 is 5.73 Å². The lowest BCUT2D eigenvalue weighted by atomic mass is 10.1. The van der Waals surface area contributed by atoms with Crippen molar-refractivity contribution in [1.82, 2.24) is 0 Å². The molecule has 0 amide bonds. The van der Waals surface area contributed by atoms with E-state index in [0.29, 0.717) is 10.5 Å². The fourth-order valence-electron chi connectivity index (χ4n) is 1.37. The Morgan fingerprint density at radius 2 is 2.00 bits per heavy atom. The molecule has 0 radical (unpaired) electrons. The fourth-order valence-corrected chi connectivity index (χ4v) is 2.77. The molecule has 2 N–H and O–H groups in total. The first-order valence-electron chi connectivity index (χ1n) is 3.72. The Kier molecular flexibility index (Phi) is 1.92. The zero-order chi connectivity index (χ0) is 9.59. The second-order valence-corrected chi connectivity index (χ2v) is 4.39. The van der Waals surface area contributed by atoms with Gasteiger partial charge in [-0.15, -0.1) is 0 Å². The van der Waals surface area contributed by atoms with Crippen molar-refractivity contribution in [1.29, 1.82) is 0 Å². The van der Waals surface area contributed by atoms with E-state index in [1.807, 2.05) is 0 Å². The number of fused-ring (bicyclic) bond motifs is 1. The topological polar surface area (TPSA) is 43.1 Å².